The fraction of sp³-hybridized carbons (Fsp3) is 0.111. The largest absolute Gasteiger partial charge is 0.435 e. The molecule has 0 saturated heterocycles. The molecular weight excluding hydrogens is 400 g/mol. The Kier molecular flexibility index (Phi) is 4.36. The Balaban J connectivity index is 1.96. The molecule has 138 valence electrons. The van der Waals surface area contributed by atoms with Crippen LogP contribution in [0.15, 0.2) is 59.9 Å². The molecule has 2 aromatic heterocycles. The van der Waals surface area contributed by atoms with Gasteiger partial charge in [-0.15, -0.1) is 0 Å². The minimum absolute atomic E-state index is 0.127. The Morgan fingerprint density at radius 1 is 0.963 bits per heavy atom. The minimum Gasteiger partial charge on any atom is -0.321 e. The molecule has 0 radical (unpaired) electrons. The van der Waals surface area contributed by atoms with Gasteiger partial charge in [-0.2, -0.15) is 13.2 Å². The highest BCUT2D eigenvalue weighted by atomic mass is 35.5. The number of anilines is 1. The number of halogens is 5. The highest BCUT2D eigenvalue weighted by Gasteiger charge is 2.40. The lowest BCUT2D eigenvalue weighted by atomic mass is 10.2. The van der Waals surface area contributed by atoms with Gasteiger partial charge in [0.25, 0.3) is 0 Å². The van der Waals surface area contributed by atoms with E-state index in [4.69, 9.17) is 23.2 Å². The third-order valence-corrected chi connectivity index (χ3v) is 4.52. The normalized spacial score (nSPS) is 14.7. The zero-order valence-electron chi connectivity index (χ0n) is 13.6. The van der Waals surface area contributed by atoms with Gasteiger partial charge in [0, 0.05) is 29.7 Å². The second kappa shape index (κ2) is 6.58. The molecule has 3 heterocycles. The van der Waals surface area contributed by atoms with Crippen molar-refractivity contribution in [3.63, 3.8) is 0 Å². The van der Waals surface area contributed by atoms with Crippen molar-refractivity contribution in [3.8, 4) is 0 Å². The molecule has 4 nitrogen and oxygen atoms in total. The average molecular weight is 411 g/mol. The molecule has 0 bridgehead atoms. The van der Waals surface area contributed by atoms with E-state index in [2.05, 4.69) is 9.98 Å². The molecule has 27 heavy (non-hydrogen) atoms. The molecule has 3 aromatic rings. The molecule has 1 aromatic carbocycles. The minimum atomic E-state index is -4.65. The van der Waals surface area contributed by atoms with Gasteiger partial charge in [0.1, 0.15) is 11.3 Å². The van der Waals surface area contributed by atoms with E-state index in [9.17, 15) is 13.2 Å². The van der Waals surface area contributed by atoms with Gasteiger partial charge < -0.3 is 4.90 Å². The molecular formula is C18H11Cl2F3N4. The van der Waals surface area contributed by atoms with Crippen LogP contribution in [0.2, 0.25) is 10.0 Å². The van der Waals surface area contributed by atoms with Gasteiger partial charge in [-0.05, 0) is 42.5 Å². The lowest BCUT2D eigenvalue weighted by Gasteiger charge is -2.27. The van der Waals surface area contributed by atoms with Crippen LogP contribution in [0.4, 0.5) is 18.9 Å². The number of amidine groups is 1. The number of hydrogen-bond donors (Lipinski definition) is 0. The van der Waals surface area contributed by atoms with E-state index < -0.39 is 11.9 Å². The molecule has 1 aliphatic heterocycles. The maximum absolute atomic E-state index is 13.7. The van der Waals surface area contributed by atoms with Gasteiger partial charge in [-0.3, -0.25) is 4.40 Å². The molecule has 0 fully saturated rings. The lowest BCUT2D eigenvalue weighted by Crippen LogP contribution is -2.35. The van der Waals surface area contributed by atoms with Crippen LogP contribution in [0, 0.1) is 0 Å². The van der Waals surface area contributed by atoms with E-state index in [-0.39, 0.29) is 17.2 Å². The fourth-order valence-corrected chi connectivity index (χ4v) is 3.19. The number of pyridine rings is 1. The zero-order valence-corrected chi connectivity index (χ0v) is 15.1. The van der Waals surface area contributed by atoms with Crippen LogP contribution in [-0.2, 0) is 6.18 Å². The molecule has 0 amide bonds. The van der Waals surface area contributed by atoms with Crippen LogP contribution in [0.1, 0.15) is 11.4 Å². The molecule has 0 saturated carbocycles. The SMILES string of the molecule is FC(F)(F)c1nc2ccc(Cl)cn2c1C1=NC=CCN1c1ccc(Cl)cc1. The first kappa shape index (κ1) is 17.9. The number of aliphatic imine (C=N–C) groups is 1. The summed E-state index contributed by atoms with van der Waals surface area (Å²) in [5, 5.41) is 0.822. The quantitative estimate of drug-likeness (QED) is 0.563. The number of imidazole rings is 1. The predicted molar refractivity (Wildman–Crippen MR) is 99.7 cm³/mol. The van der Waals surface area contributed by atoms with Gasteiger partial charge in [0.05, 0.1) is 5.02 Å². The standard InChI is InChI=1S/C18H11Cl2F3N4/c19-11-2-5-13(6-3-11)26-9-1-8-24-17(26)15-16(18(21,22)23)25-14-7-4-12(20)10-27(14)15/h1-8,10H,9H2. The third-order valence-electron chi connectivity index (χ3n) is 4.05. The number of aromatic nitrogens is 2. The summed E-state index contributed by atoms with van der Waals surface area (Å²) in [5.74, 6) is 0.127. The summed E-state index contributed by atoms with van der Waals surface area (Å²) in [6.07, 6.45) is -0.0219. The van der Waals surface area contributed by atoms with Gasteiger partial charge in [-0.1, -0.05) is 23.2 Å². The number of hydrogen-bond acceptors (Lipinski definition) is 3. The van der Waals surface area contributed by atoms with Gasteiger partial charge >= 0.3 is 6.18 Å². The number of benzene rings is 1. The fourth-order valence-electron chi connectivity index (χ4n) is 2.90. The van der Waals surface area contributed by atoms with Crippen molar-refractivity contribution in [1.29, 1.82) is 0 Å². The Hall–Kier alpha value is -2.51. The second-order valence-electron chi connectivity index (χ2n) is 5.81. The Morgan fingerprint density at radius 3 is 2.37 bits per heavy atom. The summed E-state index contributed by atoms with van der Waals surface area (Å²) in [5.41, 5.74) is -0.389. The van der Waals surface area contributed by atoms with Crippen LogP contribution in [0.25, 0.3) is 5.65 Å². The van der Waals surface area contributed by atoms with Crippen LogP contribution in [-0.4, -0.2) is 21.8 Å². The monoisotopic (exact) mass is 410 g/mol. The predicted octanol–water partition coefficient (Wildman–Crippen LogP) is 5.44. The summed E-state index contributed by atoms with van der Waals surface area (Å²) >= 11 is 11.9. The summed E-state index contributed by atoms with van der Waals surface area (Å²) in [6, 6.07) is 9.72. The Morgan fingerprint density at radius 2 is 1.67 bits per heavy atom. The summed E-state index contributed by atoms with van der Waals surface area (Å²) < 4.78 is 42.4. The number of nitrogens with zero attached hydrogens (tertiary/aromatic N) is 4. The highest BCUT2D eigenvalue weighted by Crippen LogP contribution is 2.34. The van der Waals surface area contributed by atoms with Crippen molar-refractivity contribution < 1.29 is 13.2 Å². The van der Waals surface area contributed by atoms with Crippen molar-refractivity contribution in [2.24, 2.45) is 4.99 Å². The molecule has 0 spiro atoms. The van der Waals surface area contributed by atoms with Crippen molar-refractivity contribution in [2.75, 3.05) is 11.4 Å². The molecule has 4 rings (SSSR count). The van der Waals surface area contributed by atoms with Crippen LogP contribution in [0.5, 0.6) is 0 Å². The smallest absolute Gasteiger partial charge is 0.321 e. The van der Waals surface area contributed by atoms with Gasteiger partial charge in [-0.25, -0.2) is 9.98 Å². The summed E-state index contributed by atoms with van der Waals surface area (Å²) in [6.45, 7) is 0.353. The van der Waals surface area contributed by atoms with E-state index in [1.54, 1.807) is 35.2 Å². The zero-order chi connectivity index (χ0) is 19.2. The average Bonchev–Trinajstić information content (AvgIpc) is 3.01. The third kappa shape index (κ3) is 3.28. The second-order valence-corrected chi connectivity index (χ2v) is 6.68. The van der Waals surface area contributed by atoms with Crippen molar-refractivity contribution in [1.82, 2.24) is 9.38 Å². The molecule has 0 atom stereocenters. The topological polar surface area (TPSA) is 32.9 Å². The lowest BCUT2D eigenvalue weighted by molar-refractivity contribution is -0.140. The molecule has 0 unspecified atom stereocenters. The van der Waals surface area contributed by atoms with Crippen molar-refractivity contribution >= 4 is 40.4 Å². The highest BCUT2D eigenvalue weighted by molar-refractivity contribution is 6.31. The van der Waals surface area contributed by atoms with E-state index in [0.29, 0.717) is 22.3 Å². The van der Waals surface area contributed by atoms with Crippen LogP contribution >= 0.6 is 23.2 Å². The number of alkyl halides is 3. The molecule has 0 N–H and O–H groups in total. The maximum atomic E-state index is 13.7. The first-order valence-electron chi connectivity index (χ1n) is 7.86. The van der Waals surface area contributed by atoms with E-state index in [1.165, 1.54) is 28.9 Å². The number of rotatable bonds is 2. The Bertz CT molecular complexity index is 1070. The van der Waals surface area contributed by atoms with E-state index in [1.807, 2.05) is 0 Å². The van der Waals surface area contributed by atoms with Gasteiger partial charge in [0.15, 0.2) is 11.5 Å². The van der Waals surface area contributed by atoms with Crippen molar-refractivity contribution in [2.45, 2.75) is 6.18 Å². The molecule has 0 aliphatic carbocycles. The number of fused-ring (bicyclic) bond motifs is 1. The summed E-state index contributed by atoms with van der Waals surface area (Å²) in [7, 11) is 0. The maximum Gasteiger partial charge on any atom is 0.435 e. The van der Waals surface area contributed by atoms with Crippen LogP contribution < -0.4 is 4.90 Å². The van der Waals surface area contributed by atoms with Crippen molar-refractivity contribution in [3.05, 3.63) is 76.3 Å². The first-order chi connectivity index (χ1) is 12.8. The van der Waals surface area contributed by atoms with E-state index >= 15 is 0 Å². The summed E-state index contributed by atoms with van der Waals surface area (Å²) in [4.78, 5) is 9.66. The van der Waals surface area contributed by atoms with E-state index in [0.717, 1.165) is 0 Å². The molecule has 9 heteroatoms. The first-order valence-corrected chi connectivity index (χ1v) is 8.61. The Labute approximate surface area is 162 Å². The molecule has 1 aliphatic rings. The van der Waals surface area contributed by atoms with Gasteiger partial charge in [0.2, 0.25) is 0 Å². The van der Waals surface area contributed by atoms with Crippen LogP contribution in [0.3, 0.4) is 0 Å².